The number of thiazole rings is 1. The van der Waals surface area contributed by atoms with Gasteiger partial charge in [-0.25, -0.2) is 4.98 Å². The minimum atomic E-state index is -0.357. The lowest BCUT2D eigenvalue weighted by Gasteiger charge is -2.26. The van der Waals surface area contributed by atoms with Gasteiger partial charge in [0, 0.05) is 55.0 Å². The lowest BCUT2D eigenvalue weighted by molar-refractivity contribution is -0.384. The Balaban J connectivity index is 1.35. The molecular weight excluding hydrogens is 392 g/mol. The van der Waals surface area contributed by atoms with Crippen LogP contribution in [0, 0.1) is 17.0 Å². The van der Waals surface area contributed by atoms with Gasteiger partial charge < -0.3 is 0 Å². The molecule has 0 spiro atoms. The number of nitro groups is 1. The van der Waals surface area contributed by atoms with Crippen molar-refractivity contribution in [1.82, 2.24) is 14.3 Å². The van der Waals surface area contributed by atoms with E-state index in [1.807, 2.05) is 12.1 Å². The van der Waals surface area contributed by atoms with E-state index in [4.69, 9.17) is 4.98 Å². The van der Waals surface area contributed by atoms with E-state index < -0.39 is 0 Å². The number of nitro benzene ring substituents is 1. The molecule has 1 aliphatic rings. The SMILES string of the molecule is Cc1csc(-c2cn3c4c(sc3n2)CN(Cc2ccc([N+](=O)[O-])cc2)CC4)c1. The third-order valence-corrected chi connectivity index (χ3v) is 7.22. The monoisotopic (exact) mass is 410 g/mol. The fourth-order valence-electron chi connectivity index (χ4n) is 3.66. The predicted octanol–water partition coefficient (Wildman–Crippen LogP) is 4.90. The van der Waals surface area contributed by atoms with E-state index >= 15 is 0 Å². The maximum atomic E-state index is 10.8. The summed E-state index contributed by atoms with van der Waals surface area (Å²) >= 11 is 3.51. The first-order valence-electron chi connectivity index (χ1n) is 9.07. The van der Waals surface area contributed by atoms with Crippen LogP contribution in [0.1, 0.15) is 21.7 Å². The Morgan fingerprint density at radius 3 is 2.82 bits per heavy atom. The number of aryl methyl sites for hydroxylation is 1. The van der Waals surface area contributed by atoms with Gasteiger partial charge in [-0.05, 0) is 29.5 Å². The number of benzene rings is 1. The highest BCUT2D eigenvalue weighted by atomic mass is 32.1. The third kappa shape index (κ3) is 3.13. The molecule has 3 aromatic heterocycles. The summed E-state index contributed by atoms with van der Waals surface area (Å²) in [6, 6.07) is 9.05. The molecule has 8 heteroatoms. The highest BCUT2D eigenvalue weighted by Crippen LogP contribution is 2.33. The van der Waals surface area contributed by atoms with Gasteiger partial charge in [0.15, 0.2) is 4.96 Å². The van der Waals surface area contributed by atoms with Crippen LogP contribution in [0.5, 0.6) is 0 Å². The van der Waals surface area contributed by atoms with Crippen molar-refractivity contribution in [3.8, 4) is 10.6 Å². The maximum absolute atomic E-state index is 10.8. The second-order valence-corrected chi connectivity index (χ2v) is 9.10. The maximum Gasteiger partial charge on any atom is 0.269 e. The first-order valence-corrected chi connectivity index (χ1v) is 10.8. The molecule has 142 valence electrons. The van der Waals surface area contributed by atoms with Crippen LogP contribution < -0.4 is 0 Å². The van der Waals surface area contributed by atoms with Gasteiger partial charge >= 0.3 is 0 Å². The fourth-order valence-corrected chi connectivity index (χ4v) is 5.71. The van der Waals surface area contributed by atoms with Crippen molar-refractivity contribution in [2.24, 2.45) is 0 Å². The average molecular weight is 411 g/mol. The van der Waals surface area contributed by atoms with Crippen molar-refractivity contribution in [3.05, 3.63) is 73.7 Å². The van der Waals surface area contributed by atoms with E-state index in [0.29, 0.717) is 0 Å². The normalized spacial score (nSPS) is 14.5. The molecule has 5 rings (SSSR count). The third-order valence-electron chi connectivity index (χ3n) is 5.07. The summed E-state index contributed by atoms with van der Waals surface area (Å²) in [5.74, 6) is 0. The van der Waals surface area contributed by atoms with E-state index in [1.165, 1.54) is 21.0 Å². The number of fused-ring (bicyclic) bond motifs is 3. The van der Waals surface area contributed by atoms with Crippen LogP contribution in [0.25, 0.3) is 15.5 Å². The van der Waals surface area contributed by atoms with E-state index in [9.17, 15) is 10.1 Å². The lowest BCUT2D eigenvalue weighted by Crippen LogP contribution is -2.29. The molecule has 1 aliphatic heterocycles. The minimum absolute atomic E-state index is 0.140. The minimum Gasteiger partial charge on any atom is -0.294 e. The zero-order valence-corrected chi connectivity index (χ0v) is 16.9. The Labute approximate surface area is 169 Å². The van der Waals surface area contributed by atoms with E-state index in [2.05, 4.69) is 33.9 Å². The molecule has 1 aromatic carbocycles. The van der Waals surface area contributed by atoms with Crippen LogP contribution in [-0.2, 0) is 19.5 Å². The molecular formula is C20H18N4O2S2. The van der Waals surface area contributed by atoms with Crippen LogP contribution in [0.2, 0.25) is 0 Å². The van der Waals surface area contributed by atoms with Crippen LogP contribution in [0.15, 0.2) is 41.9 Å². The second kappa shape index (κ2) is 6.80. The molecule has 6 nitrogen and oxygen atoms in total. The number of non-ortho nitro benzene ring substituents is 1. The number of hydrogen-bond acceptors (Lipinski definition) is 6. The van der Waals surface area contributed by atoms with Crippen molar-refractivity contribution in [3.63, 3.8) is 0 Å². The molecule has 0 saturated heterocycles. The summed E-state index contributed by atoms with van der Waals surface area (Å²) in [7, 11) is 0. The van der Waals surface area contributed by atoms with Crippen LogP contribution in [-0.4, -0.2) is 25.8 Å². The summed E-state index contributed by atoms with van der Waals surface area (Å²) in [5, 5.41) is 13.0. The fraction of sp³-hybridized carbons (Fsp3) is 0.250. The summed E-state index contributed by atoms with van der Waals surface area (Å²) in [6.45, 7) is 4.78. The summed E-state index contributed by atoms with van der Waals surface area (Å²) in [6.07, 6.45) is 3.16. The van der Waals surface area contributed by atoms with Crippen molar-refractivity contribution in [2.75, 3.05) is 6.54 Å². The number of imidazole rings is 1. The van der Waals surface area contributed by atoms with Gasteiger partial charge in [-0.1, -0.05) is 23.5 Å². The van der Waals surface area contributed by atoms with Gasteiger partial charge in [-0.15, -0.1) is 11.3 Å². The topological polar surface area (TPSA) is 63.7 Å². The van der Waals surface area contributed by atoms with Gasteiger partial charge in [0.2, 0.25) is 0 Å². The largest absolute Gasteiger partial charge is 0.294 e. The molecule has 4 heterocycles. The van der Waals surface area contributed by atoms with Crippen LogP contribution >= 0.6 is 22.7 Å². The predicted molar refractivity (Wildman–Crippen MR) is 112 cm³/mol. The summed E-state index contributed by atoms with van der Waals surface area (Å²) in [4.78, 5) is 21.3. The zero-order chi connectivity index (χ0) is 19.3. The molecule has 0 saturated carbocycles. The Hall–Kier alpha value is -2.55. The van der Waals surface area contributed by atoms with E-state index in [1.54, 1.807) is 34.8 Å². The molecule has 4 aromatic rings. The van der Waals surface area contributed by atoms with Gasteiger partial charge in [-0.3, -0.25) is 19.4 Å². The molecule has 28 heavy (non-hydrogen) atoms. The number of thiophene rings is 1. The van der Waals surface area contributed by atoms with Crippen molar-refractivity contribution in [2.45, 2.75) is 26.4 Å². The van der Waals surface area contributed by atoms with Gasteiger partial charge in [0.1, 0.15) is 5.69 Å². The highest BCUT2D eigenvalue weighted by Gasteiger charge is 2.23. The lowest BCUT2D eigenvalue weighted by atomic mass is 10.1. The highest BCUT2D eigenvalue weighted by molar-refractivity contribution is 7.17. The van der Waals surface area contributed by atoms with E-state index in [-0.39, 0.29) is 10.6 Å². The Bertz CT molecular complexity index is 1170. The average Bonchev–Trinajstić information content (AvgIpc) is 3.36. The van der Waals surface area contributed by atoms with Crippen molar-refractivity contribution in [1.29, 1.82) is 0 Å². The number of rotatable bonds is 4. The second-order valence-electron chi connectivity index (χ2n) is 7.12. The standard InChI is InChI=1S/C20H18N4O2S2/c1-13-8-18(27-12-13)16-10-23-17-6-7-22(11-19(17)28-20(23)21-16)9-14-2-4-15(5-3-14)24(25)26/h2-5,8,10,12H,6-7,9,11H2,1H3. The number of aromatic nitrogens is 2. The smallest absolute Gasteiger partial charge is 0.269 e. The van der Waals surface area contributed by atoms with Gasteiger partial charge in [0.25, 0.3) is 5.69 Å². The molecule has 0 atom stereocenters. The molecule has 0 amide bonds. The van der Waals surface area contributed by atoms with Gasteiger partial charge in [-0.2, -0.15) is 0 Å². The van der Waals surface area contributed by atoms with Crippen molar-refractivity contribution < 1.29 is 4.92 Å². The quantitative estimate of drug-likeness (QED) is 0.355. The molecule has 0 fully saturated rings. The summed E-state index contributed by atoms with van der Waals surface area (Å²) < 4.78 is 2.26. The molecule has 0 unspecified atom stereocenters. The summed E-state index contributed by atoms with van der Waals surface area (Å²) in [5.41, 5.74) is 4.94. The first kappa shape index (κ1) is 17.5. The molecule has 0 aliphatic carbocycles. The molecule has 0 N–H and O–H groups in total. The Kier molecular flexibility index (Phi) is 4.26. The van der Waals surface area contributed by atoms with Crippen LogP contribution in [0.3, 0.4) is 0 Å². The molecule has 0 radical (unpaired) electrons. The molecule has 0 bridgehead atoms. The zero-order valence-electron chi connectivity index (χ0n) is 15.3. The van der Waals surface area contributed by atoms with E-state index in [0.717, 1.165) is 42.3 Å². The number of nitrogens with zero attached hydrogens (tertiary/aromatic N) is 4. The first-order chi connectivity index (χ1) is 13.6. The Morgan fingerprint density at radius 2 is 2.11 bits per heavy atom. The Morgan fingerprint density at radius 1 is 1.29 bits per heavy atom. The van der Waals surface area contributed by atoms with Gasteiger partial charge in [0.05, 0.1) is 9.80 Å². The van der Waals surface area contributed by atoms with Crippen molar-refractivity contribution >= 4 is 33.3 Å². The number of hydrogen-bond donors (Lipinski definition) is 0. The van der Waals surface area contributed by atoms with Crippen LogP contribution in [0.4, 0.5) is 5.69 Å².